The predicted molar refractivity (Wildman–Crippen MR) is 87.9 cm³/mol. The van der Waals surface area contributed by atoms with Gasteiger partial charge in [-0.15, -0.1) is 11.6 Å². The van der Waals surface area contributed by atoms with Gasteiger partial charge in [-0.3, -0.25) is 0 Å². The molecule has 2 rings (SSSR count). The average molecular weight is 349 g/mol. The standard InChI is InChI=1S/C17H17ClN2O4/c1-2-14(23-16(21)12-7-3-5-9-19-12)15(11-18)24-17(22)13-8-4-6-10-20-13/h3-10,14-15H,2,11H2,1H3. The Labute approximate surface area is 144 Å². The maximum atomic E-state index is 12.1. The number of esters is 2. The molecule has 126 valence electrons. The van der Waals surface area contributed by atoms with Crippen molar-refractivity contribution < 1.29 is 19.1 Å². The van der Waals surface area contributed by atoms with Crippen molar-refractivity contribution in [1.29, 1.82) is 0 Å². The van der Waals surface area contributed by atoms with Crippen molar-refractivity contribution in [3.05, 3.63) is 60.2 Å². The largest absolute Gasteiger partial charge is 0.454 e. The van der Waals surface area contributed by atoms with Gasteiger partial charge in [0.05, 0.1) is 5.88 Å². The maximum absolute atomic E-state index is 12.1. The van der Waals surface area contributed by atoms with E-state index in [1.807, 2.05) is 6.92 Å². The van der Waals surface area contributed by atoms with Gasteiger partial charge in [-0.1, -0.05) is 19.1 Å². The number of carbonyl (C=O) groups excluding carboxylic acids is 2. The van der Waals surface area contributed by atoms with Crippen LogP contribution in [-0.2, 0) is 9.47 Å². The second kappa shape index (κ2) is 8.98. The van der Waals surface area contributed by atoms with E-state index in [1.165, 1.54) is 18.5 Å². The van der Waals surface area contributed by atoms with Crippen molar-refractivity contribution in [1.82, 2.24) is 9.97 Å². The Balaban J connectivity index is 2.03. The Morgan fingerprint density at radius 3 is 1.83 bits per heavy atom. The molecule has 2 aromatic rings. The maximum Gasteiger partial charge on any atom is 0.357 e. The fourth-order valence-electron chi connectivity index (χ4n) is 1.99. The molecule has 0 bridgehead atoms. The highest BCUT2D eigenvalue weighted by Crippen LogP contribution is 2.14. The number of hydrogen-bond donors (Lipinski definition) is 0. The van der Waals surface area contributed by atoms with Gasteiger partial charge in [0.25, 0.3) is 0 Å². The number of nitrogens with zero attached hydrogens (tertiary/aromatic N) is 2. The van der Waals surface area contributed by atoms with Crippen LogP contribution < -0.4 is 0 Å². The number of carbonyl (C=O) groups is 2. The van der Waals surface area contributed by atoms with E-state index in [9.17, 15) is 9.59 Å². The Bertz CT molecular complexity index is 607. The van der Waals surface area contributed by atoms with Gasteiger partial charge in [0.15, 0.2) is 6.10 Å². The Morgan fingerprint density at radius 2 is 1.46 bits per heavy atom. The van der Waals surface area contributed by atoms with E-state index < -0.39 is 24.1 Å². The summed E-state index contributed by atoms with van der Waals surface area (Å²) in [5.41, 5.74) is 0.346. The lowest BCUT2D eigenvalue weighted by molar-refractivity contribution is -0.0304. The van der Waals surface area contributed by atoms with Crippen molar-refractivity contribution in [2.24, 2.45) is 0 Å². The van der Waals surface area contributed by atoms with Gasteiger partial charge in [-0.05, 0) is 30.7 Å². The first-order chi connectivity index (χ1) is 11.7. The van der Waals surface area contributed by atoms with E-state index in [4.69, 9.17) is 21.1 Å². The fraction of sp³-hybridized carbons (Fsp3) is 0.294. The topological polar surface area (TPSA) is 78.4 Å². The molecule has 0 saturated heterocycles. The van der Waals surface area contributed by atoms with E-state index in [-0.39, 0.29) is 17.3 Å². The number of alkyl halides is 1. The lowest BCUT2D eigenvalue weighted by Crippen LogP contribution is -2.36. The van der Waals surface area contributed by atoms with E-state index in [0.29, 0.717) is 6.42 Å². The molecule has 0 radical (unpaired) electrons. The zero-order chi connectivity index (χ0) is 17.4. The highest BCUT2D eigenvalue weighted by molar-refractivity contribution is 6.18. The van der Waals surface area contributed by atoms with Gasteiger partial charge >= 0.3 is 11.9 Å². The lowest BCUT2D eigenvalue weighted by atomic mass is 10.1. The molecule has 0 aromatic carbocycles. The SMILES string of the molecule is CCC(OC(=O)c1ccccn1)C(CCl)OC(=O)c1ccccn1. The number of aromatic nitrogens is 2. The van der Waals surface area contributed by atoms with Crippen LogP contribution in [0.3, 0.4) is 0 Å². The molecule has 0 saturated carbocycles. The summed E-state index contributed by atoms with van der Waals surface area (Å²) in [5, 5.41) is 0. The molecule has 0 spiro atoms. The molecule has 2 heterocycles. The Kier molecular flexibility index (Phi) is 6.69. The van der Waals surface area contributed by atoms with Gasteiger partial charge in [-0.25, -0.2) is 19.6 Å². The predicted octanol–water partition coefficient (Wildman–Crippen LogP) is 2.88. The first-order valence-corrected chi connectivity index (χ1v) is 7.99. The summed E-state index contributed by atoms with van der Waals surface area (Å²) in [5.74, 6) is -1.22. The van der Waals surface area contributed by atoms with Crippen LogP contribution in [0.2, 0.25) is 0 Å². The molecule has 2 aromatic heterocycles. The van der Waals surface area contributed by atoms with Gasteiger partial charge in [0.2, 0.25) is 0 Å². The minimum Gasteiger partial charge on any atom is -0.454 e. The van der Waals surface area contributed by atoms with Crippen LogP contribution in [0.25, 0.3) is 0 Å². The molecule has 0 aliphatic rings. The number of pyridine rings is 2. The average Bonchev–Trinajstić information content (AvgIpc) is 2.65. The van der Waals surface area contributed by atoms with Crippen LogP contribution >= 0.6 is 11.6 Å². The van der Waals surface area contributed by atoms with Gasteiger partial charge in [-0.2, -0.15) is 0 Å². The minimum atomic E-state index is -0.779. The van der Waals surface area contributed by atoms with E-state index in [0.717, 1.165) is 0 Å². The summed E-state index contributed by atoms with van der Waals surface area (Å²) in [6, 6.07) is 9.84. The molecule has 0 N–H and O–H groups in total. The summed E-state index contributed by atoms with van der Waals surface area (Å²) in [4.78, 5) is 32.1. The molecule has 0 amide bonds. The lowest BCUT2D eigenvalue weighted by Gasteiger charge is -2.24. The highest BCUT2D eigenvalue weighted by Gasteiger charge is 2.28. The van der Waals surface area contributed by atoms with Gasteiger partial charge < -0.3 is 9.47 Å². The Morgan fingerprint density at radius 1 is 0.958 bits per heavy atom. The third-order valence-electron chi connectivity index (χ3n) is 3.23. The number of rotatable bonds is 7. The first kappa shape index (κ1) is 17.9. The second-order valence-electron chi connectivity index (χ2n) is 4.88. The van der Waals surface area contributed by atoms with Crippen LogP contribution in [-0.4, -0.2) is 40.0 Å². The fourth-order valence-corrected chi connectivity index (χ4v) is 2.25. The second-order valence-corrected chi connectivity index (χ2v) is 5.19. The molecule has 7 heteroatoms. The summed E-state index contributed by atoms with van der Waals surface area (Å²) in [6.07, 6.45) is 1.97. The van der Waals surface area contributed by atoms with Crippen molar-refractivity contribution >= 4 is 23.5 Å². The zero-order valence-electron chi connectivity index (χ0n) is 13.1. The summed E-state index contributed by atoms with van der Waals surface area (Å²) in [7, 11) is 0. The monoisotopic (exact) mass is 348 g/mol. The molecule has 0 aliphatic carbocycles. The van der Waals surface area contributed by atoms with Crippen LogP contribution in [0.5, 0.6) is 0 Å². The number of hydrogen-bond acceptors (Lipinski definition) is 6. The van der Waals surface area contributed by atoms with Crippen LogP contribution in [0.1, 0.15) is 34.3 Å². The van der Waals surface area contributed by atoms with Crippen molar-refractivity contribution in [2.75, 3.05) is 5.88 Å². The third-order valence-corrected chi connectivity index (χ3v) is 3.54. The molecule has 2 atom stereocenters. The summed E-state index contributed by atoms with van der Waals surface area (Å²) in [6.45, 7) is 1.81. The van der Waals surface area contributed by atoms with Crippen LogP contribution in [0, 0.1) is 0 Å². The van der Waals surface area contributed by atoms with Crippen LogP contribution in [0.15, 0.2) is 48.8 Å². The number of ether oxygens (including phenoxy) is 2. The summed E-state index contributed by atoms with van der Waals surface area (Å²) < 4.78 is 10.7. The van der Waals surface area contributed by atoms with Gasteiger partial charge in [0.1, 0.15) is 17.5 Å². The molecular formula is C17H17ClN2O4. The van der Waals surface area contributed by atoms with Crippen molar-refractivity contribution in [3.8, 4) is 0 Å². The first-order valence-electron chi connectivity index (χ1n) is 7.45. The van der Waals surface area contributed by atoms with Crippen molar-refractivity contribution in [2.45, 2.75) is 25.6 Å². The van der Waals surface area contributed by atoms with E-state index in [1.54, 1.807) is 30.3 Å². The van der Waals surface area contributed by atoms with Crippen molar-refractivity contribution in [3.63, 3.8) is 0 Å². The summed E-state index contributed by atoms with van der Waals surface area (Å²) >= 11 is 5.90. The molecule has 0 aliphatic heterocycles. The molecular weight excluding hydrogens is 332 g/mol. The molecule has 2 unspecified atom stereocenters. The number of halogens is 1. The molecule has 6 nitrogen and oxygen atoms in total. The highest BCUT2D eigenvalue weighted by atomic mass is 35.5. The molecule has 0 fully saturated rings. The zero-order valence-corrected chi connectivity index (χ0v) is 13.8. The van der Waals surface area contributed by atoms with E-state index in [2.05, 4.69) is 9.97 Å². The van der Waals surface area contributed by atoms with Gasteiger partial charge in [0, 0.05) is 12.4 Å². The third kappa shape index (κ3) is 4.76. The normalized spacial score (nSPS) is 12.9. The van der Waals surface area contributed by atoms with E-state index >= 15 is 0 Å². The van der Waals surface area contributed by atoms with Crippen LogP contribution in [0.4, 0.5) is 0 Å². The molecule has 24 heavy (non-hydrogen) atoms. The smallest absolute Gasteiger partial charge is 0.357 e. The quantitative estimate of drug-likeness (QED) is 0.565. The minimum absolute atomic E-state index is 0.00736. The Hall–Kier alpha value is -2.47.